The fourth-order valence-corrected chi connectivity index (χ4v) is 2.96. The zero-order valence-corrected chi connectivity index (χ0v) is 15.7. The Morgan fingerprint density at radius 3 is 2.24 bits per heavy atom. The number of esters is 1. The molecule has 2 rings (SSSR count). The number of thiocarbonyl (C=S) groups is 1. The molecule has 25 heavy (non-hydrogen) atoms. The van der Waals surface area contributed by atoms with Crippen molar-refractivity contribution in [2.24, 2.45) is 0 Å². The number of hydrogen-bond acceptors (Lipinski definition) is 6. The van der Waals surface area contributed by atoms with E-state index >= 15 is 0 Å². The molecule has 0 bridgehead atoms. The van der Waals surface area contributed by atoms with Gasteiger partial charge in [-0.15, -0.1) is 0 Å². The van der Waals surface area contributed by atoms with E-state index in [9.17, 15) is 4.79 Å². The van der Waals surface area contributed by atoms with Gasteiger partial charge in [-0.2, -0.15) is 0 Å². The highest BCUT2D eigenvalue weighted by atomic mass is 32.1. The zero-order chi connectivity index (χ0) is 18.6. The maximum atomic E-state index is 12.4. The second kappa shape index (κ2) is 8.06. The summed E-state index contributed by atoms with van der Waals surface area (Å²) in [7, 11) is 4.61. The van der Waals surface area contributed by atoms with Gasteiger partial charge in [-0.05, 0) is 43.8 Å². The molecule has 0 spiro atoms. The molecule has 1 aliphatic rings. The Bertz CT molecular complexity index is 692. The lowest BCUT2D eigenvalue weighted by Crippen LogP contribution is -2.45. The molecule has 1 aromatic carbocycles. The highest BCUT2D eigenvalue weighted by Crippen LogP contribution is 2.41. The van der Waals surface area contributed by atoms with Crippen LogP contribution in [-0.2, 0) is 9.53 Å². The zero-order valence-electron chi connectivity index (χ0n) is 14.9. The van der Waals surface area contributed by atoms with Crippen LogP contribution in [0.3, 0.4) is 0 Å². The van der Waals surface area contributed by atoms with Gasteiger partial charge in [-0.3, -0.25) is 0 Å². The number of allylic oxidation sites excluding steroid dienone is 1. The molecule has 1 heterocycles. The molecule has 0 radical (unpaired) electrons. The summed E-state index contributed by atoms with van der Waals surface area (Å²) >= 11 is 5.24. The number of hydrogen-bond donors (Lipinski definition) is 2. The average Bonchev–Trinajstić information content (AvgIpc) is 2.59. The van der Waals surface area contributed by atoms with Gasteiger partial charge in [-0.25, -0.2) is 4.79 Å². The molecule has 0 amide bonds. The molecule has 0 aliphatic carbocycles. The third-order valence-corrected chi connectivity index (χ3v) is 4.00. The highest BCUT2D eigenvalue weighted by molar-refractivity contribution is 7.80. The van der Waals surface area contributed by atoms with E-state index in [0.29, 0.717) is 33.6 Å². The van der Waals surface area contributed by atoms with Crippen molar-refractivity contribution < 1.29 is 23.7 Å². The predicted octanol–water partition coefficient (Wildman–Crippen LogP) is 2.07. The molecule has 1 aliphatic heterocycles. The number of methoxy groups -OCH3 is 3. The first-order valence-corrected chi connectivity index (χ1v) is 8.12. The van der Waals surface area contributed by atoms with E-state index in [1.54, 1.807) is 26.0 Å². The Morgan fingerprint density at radius 1 is 1.16 bits per heavy atom. The lowest BCUT2D eigenvalue weighted by Gasteiger charge is -2.30. The molecular formula is C17H22N2O5S. The minimum absolute atomic E-state index is 0.280. The van der Waals surface area contributed by atoms with Crippen LogP contribution in [0.5, 0.6) is 17.2 Å². The monoisotopic (exact) mass is 366 g/mol. The summed E-state index contributed by atoms with van der Waals surface area (Å²) in [5.74, 6) is 1.04. The quantitative estimate of drug-likeness (QED) is 0.585. The molecule has 0 saturated heterocycles. The van der Waals surface area contributed by atoms with E-state index < -0.39 is 12.0 Å². The van der Waals surface area contributed by atoms with Crippen LogP contribution in [-0.4, -0.2) is 39.0 Å². The molecule has 8 heteroatoms. The van der Waals surface area contributed by atoms with Crippen LogP contribution in [0, 0.1) is 0 Å². The summed E-state index contributed by atoms with van der Waals surface area (Å²) in [6, 6.07) is 3.06. The lowest BCUT2D eigenvalue weighted by atomic mass is 9.95. The van der Waals surface area contributed by atoms with Crippen LogP contribution in [0.1, 0.15) is 25.5 Å². The van der Waals surface area contributed by atoms with E-state index in [2.05, 4.69) is 10.6 Å². The molecule has 1 atom stereocenters. The number of nitrogens with one attached hydrogen (secondary N) is 2. The van der Waals surface area contributed by atoms with Crippen molar-refractivity contribution >= 4 is 23.3 Å². The maximum absolute atomic E-state index is 12.4. The van der Waals surface area contributed by atoms with Gasteiger partial charge >= 0.3 is 5.97 Å². The summed E-state index contributed by atoms with van der Waals surface area (Å²) in [5, 5.41) is 6.48. The molecule has 136 valence electrons. The Labute approximate surface area is 152 Å². The van der Waals surface area contributed by atoms with Crippen molar-refractivity contribution in [2.75, 3.05) is 27.9 Å². The van der Waals surface area contributed by atoms with Crippen LogP contribution in [0.15, 0.2) is 23.4 Å². The largest absolute Gasteiger partial charge is 0.493 e. The summed E-state index contributed by atoms with van der Waals surface area (Å²) in [4.78, 5) is 12.4. The number of benzene rings is 1. The smallest absolute Gasteiger partial charge is 0.338 e. The Hall–Kier alpha value is -2.48. The van der Waals surface area contributed by atoms with Gasteiger partial charge < -0.3 is 29.6 Å². The van der Waals surface area contributed by atoms with Crippen LogP contribution >= 0.6 is 12.2 Å². The number of carbonyl (C=O) groups is 1. The molecule has 0 saturated carbocycles. The molecule has 0 fully saturated rings. The van der Waals surface area contributed by atoms with E-state index in [0.717, 1.165) is 5.56 Å². The molecule has 0 unspecified atom stereocenters. The number of carbonyl (C=O) groups excluding carboxylic acids is 1. The Morgan fingerprint density at radius 2 is 1.76 bits per heavy atom. The van der Waals surface area contributed by atoms with Crippen molar-refractivity contribution in [3.63, 3.8) is 0 Å². The first-order chi connectivity index (χ1) is 12.0. The van der Waals surface area contributed by atoms with Crippen molar-refractivity contribution in [1.29, 1.82) is 0 Å². The van der Waals surface area contributed by atoms with Crippen molar-refractivity contribution in [1.82, 2.24) is 10.6 Å². The Kier molecular flexibility index (Phi) is 6.08. The summed E-state index contributed by atoms with van der Waals surface area (Å²) < 4.78 is 21.3. The maximum Gasteiger partial charge on any atom is 0.338 e. The molecule has 2 N–H and O–H groups in total. The number of rotatable bonds is 6. The fourth-order valence-electron chi connectivity index (χ4n) is 2.69. The fraction of sp³-hybridized carbons (Fsp3) is 0.412. The van der Waals surface area contributed by atoms with Crippen LogP contribution in [0.2, 0.25) is 0 Å². The normalized spacial score (nSPS) is 16.7. The summed E-state index contributed by atoms with van der Waals surface area (Å²) in [6.45, 7) is 3.82. The van der Waals surface area contributed by atoms with Gasteiger partial charge in [0.25, 0.3) is 0 Å². The van der Waals surface area contributed by atoms with E-state index in [1.165, 1.54) is 21.3 Å². The predicted molar refractivity (Wildman–Crippen MR) is 97.0 cm³/mol. The average molecular weight is 366 g/mol. The van der Waals surface area contributed by atoms with Gasteiger partial charge in [0.15, 0.2) is 16.6 Å². The summed E-state index contributed by atoms with van der Waals surface area (Å²) in [6.07, 6.45) is 0. The standard InChI is InChI=1S/C17H22N2O5S/c1-6-24-16(20)13-9(2)18-17(25)19-14(13)10-7-11(21-3)15(23-5)12(8-10)22-4/h7-8,14H,6H2,1-5H3,(H2,18,19,25)/t14-/m0/s1. The minimum atomic E-state index is -0.499. The van der Waals surface area contributed by atoms with Gasteiger partial charge in [0, 0.05) is 5.70 Å². The lowest BCUT2D eigenvalue weighted by molar-refractivity contribution is -0.139. The molecule has 7 nitrogen and oxygen atoms in total. The first kappa shape index (κ1) is 18.9. The van der Waals surface area contributed by atoms with Crippen LogP contribution < -0.4 is 24.8 Å². The second-order valence-corrected chi connectivity index (χ2v) is 5.66. The van der Waals surface area contributed by atoms with Crippen LogP contribution in [0.25, 0.3) is 0 Å². The third-order valence-electron chi connectivity index (χ3n) is 3.78. The van der Waals surface area contributed by atoms with Crippen LogP contribution in [0.4, 0.5) is 0 Å². The van der Waals surface area contributed by atoms with E-state index in [1.807, 2.05) is 0 Å². The van der Waals surface area contributed by atoms with E-state index in [-0.39, 0.29) is 6.61 Å². The number of ether oxygens (including phenoxy) is 4. The first-order valence-electron chi connectivity index (χ1n) is 7.72. The minimum Gasteiger partial charge on any atom is -0.493 e. The van der Waals surface area contributed by atoms with Crippen molar-refractivity contribution in [2.45, 2.75) is 19.9 Å². The van der Waals surface area contributed by atoms with Gasteiger partial charge in [0.1, 0.15) is 0 Å². The molecular weight excluding hydrogens is 344 g/mol. The van der Waals surface area contributed by atoms with Gasteiger partial charge in [0.2, 0.25) is 5.75 Å². The SMILES string of the molecule is CCOC(=O)C1=C(C)NC(=S)N[C@H]1c1cc(OC)c(OC)c(OC)c1. The topological polar surface area (TPSA) is 78.1 Å². The van der Waals surface area contributed by atoms with Gasteiger partial charge in [-0.1, -0.05) is 0 Å². The Balaban J connectivity index is 2.59. The molecule has 1 aromatic rings. The molecule has 0 aromatic heterocycles. The van der Waals surface area contributed by atoms with E-state index in [4.69, 9.17) is 31.2 Å². The van der Waals surface area contributed by atoms with Crippen molar-refractivity contribution in [3.05, 3.63) is 29.0 Å². The van der Waals surface area contributed by atoms with Gasteiger partial charge in [0.05, 0.1) is 39.6 Å². The third kappa shape index (κ3) is 3.79. The van der Waals surface area contributed by atoms with Crippen molar-refractivity contribution in [3.8, 4) is 17.2 Å². The highest BCUT2D eigenvalue weighted by Gasteiger charge is 2.32. The summed E-state index contributed by atoms with van der Waals surface area (Å²) in [5.41, 5.74) is 1.83. The second-order valence-electron chi connectivity index (χ2n) is 5.25.